The van der Waals surface area contributed by atoms with Crippen molar-refractivity contribution in [2.24, 2.45) is 17.3 Å². The van der Waals surface area contributed by atoms with Crippen LogP contribution in [0.2, 0.25) is 0 Å². The van der Waals surface area contributed by atoms with E-state index in [2.05, 4.69) is 27.4 Å². The van der Waals surface area contributed by atoms with E-state index in [1.165, 1.54) is 6.42 Å². The van der Waals surface area contributed by atoms with E-state index in [-0.39, 0.29) is 5.92 Å². The Morgan fingerprint density at radius 1 is 1.38 bits per heavy atom. The summed E-state index contributed by atoms with van der Waals surface area (Å²) in [6.07, 6.45) is 4.27. The normalized spacial score (nSPS) is 30.2. The maximum atomic E-state index is 10.7. The molecule has 0 aromatic heterocycles. The predicted octanol–water partition coefficient (Wildman–Crippen LogP) is 3.20. The van der Waals surface area contributed by atoms with Gasteiger partial charge in [-0.1, -0.05) is 32.9 Å². The number of carbonyl (C=O) groups is 1. The monoisotopic (exact) mass is 180 g/mol. The molecule has 0 spiro atoms. The topological polar surface area (TPSA) is 17.1 Å². The molecule has 1 aliphatic carbocycles. The zero-order valence-electron chi connectivity index (χ0n) is 8.97. The third-order valence-corrected chi connectivity index (χ3v) is 3.25. The third kappa shape index (κ3) is 2.43. The maximum absolute atomic E-state index is 10.7. The summed E-state index contributed by atoms with van der Waals surface area (Å²) in [4.78, 5) is 10.7. The van der Waals surface area contributed by atoms with Gasteiger partial charge in [0.15, 0.2) is 0 Å². The summed E-state index contributed by atoms with van der Waals surface area (Å²) >= 11 is 0. The van der Waals surface area contributed by atoms with E-state index in [0.717, 1.165) is 24.7 Å². The Bertz CT molecular complexity index is 210. The van der Waals surface area contributed by atoms with Crippen molar-refractivity contribution in [2.45, 2.75) is 40.0 Å². The van der Waals surface area contributed by atoms with Gasteiger partial charge in [-0.2, -0.15) is 0 Å². The fraction of sp³-hybridized carbons (Fsp3) is 0.750. The van der Waals surface area contributed by atoms with Gasteiger partial charge in [0.25, 0.3) is 0 Å². The molecule has 1 nitrogen and oxygen atoms in total. The van der Waals surface area contributed by atoms with E-state index in [1.54, 1.807) is 0 Å². The van der Waals surface area contributed by atoms with E-state index >= 15 is 0 Å². The van der Waals surface area contributed by atoms with Gasteiger partial charge in [0, 0.05) is 5.92 Å². The van der Waals surface area contributed by atoms with Crippen molar-refractivity contribution < 1.29 is 4.79 Å². The van der Waals surface area contributed by atoms with Crippen LogP contribution >= 0.6 is 0 Å². The second-order valence-corrected chi connectivity index (χ2v) is 5.25. The van der Waals surface area contributed by atoms with Gasteiger partial charge < -0.3 is 4.79 Å². The highest BCUT2D eigenvalue weighted by molar-refractivity contribution is 5.58. The zero-order valence-corrected chi connectivity index (χ0v) is 8.97. The second kappa shape index (κ2) is 3.65. The lowest BCUT2D eigenvalue weighted by Crippen LogP contribution is -2.27. The largest absolute Gasteiger partial charge is 0.303 e. The molecule has 1 heteroatoms. The minimum atomic E-state index is 0.138. The molecule has 0 radical (unpaired) electrons. The van der Waals surface area contributed by atoms with E-state index < -0.39 is 0 Å². The molecule has 1 fully saturated rings. The van der Waals surface area contributed by atoms with Gasteiger partial charge >= 0.3 is 0 Å². The first-order valence-corrected chi connectivity index (χ1v) is 5.08. The summed E-state index contributed by atoms with van der Waals surface area (Å²) in [6, 6.07) is 0. The molecule has 13 heavy (non-hydrogen) atoms. The lowest BCUT2D eigenvalue weighted by molar-refractivity contribution is -0.110. The van der Waals surface area contributed by atoms with E-state index in [9.17, 15) is 4.79 Å². The summed E-state index contributed by atoms with van der Waals surface area (Å²) < 4.78 is 0. The van der Waals surface area contributed by atoms with Crippen LogP contribution in [0.1, 0.15) is 40.0 Å². The molecule has 0 bridgehead atoms. The van der Waals surface area contributed by atoms with Crippen LogP contribution in [-0.4, -0.2) is 6.29 Å². The Morgan fingerprint density at radius 2 is 2.00 bits per heavy atom. The molecule has 0 aliphatic heterocycles. The molecule has 1 rings (SSSR count). The molecular formula is C12H20O. The van der Waals surface area contributed by atoms with Crippen LogP contribution in [0.3, 0.4) is 0 Å². The van der Waals surface area contributed by atoms with Crippen LogP contribution < -0.4 is 0 Å². The molecule has 1 saturated carbocycles. The first-order chi connectivity index (χ1) is 5.95. The van der Waals surface area contributed by atoms with Gasteiger partial charge in [0.2, 0.25) is 0 Å². The molecule has 2 atom stereocenters. The van der Waals surface area contributed by atoms with Crippen LogP contribution in [-0.2, 0) is 4.79 Å². The number of carbonyl (C=O) groups excluding carboxylic acids is 1. The van der Waals surface area contributed by atoms with Crippen molar-refractivity contribution in [2.75, 3.05) is 0 Å². The van der Waals surface area contributed by atoms with E-state index in [1.807, 2.05) is 0 Å². The summed E-state index contributed by atoms with van der Waals surface area (Å²) in [5.41, 5.74) is 1.50. The van der Waals surface area contributed by atoms with Gasteiger partial charge in [0.1, 0.15) is 6.29 Å². The number of rotatable bonds is 1. The zero-order chi connectivity index (χ0) is 10.1. The smallest absolute Gasteiger partial charge is 0.127 e. The van der Waals surface area contributed by atoms with Gasteiger partial charge in [0.05, 0.1) is 0 Å². The van der Waals surface area contributed by atoms with E-state index in [0.29, 0.717) is 11.3 Å². The molecule has 2 unspecified atom stereocenters. The second-order valence-electron chi connectivity index (χ2n) is 5.25. The number of aldehydes is 1. The highest BCUT2D eigenvalue weighted by atomic mass is 16.1. The average Bonchev–Trinajstić information content (AvgIpc) is 2.02. The van der Waals surface area contributed by atoms with Crippen LogP contribution in [0.5, 0.6) is 0 Å². The van der Waals surface area contributed by atoms with Crippen LogP contribution in [0, 0.1) is 17.3 Å². The molecular weight excluding hydrogens is 160 g/mol. The Kier molecular flexibility index (Phi) is 2.94. The molecule has 0 amide bonds. The third-order valence-electron chi connectivity index (χ3n) is 3.25. The summed E-state index contributed by atoms with van der Waals surface area (Å²) in [5.74, 6) is 0.842. The molecule has 74 valence electrons. The van der Waals surface area contributed by atoms with Crippen LogP contribution in [0.15, 0.2) is 12.2 Å². The van der Waals surface area contributed by atoms with E-state index in [4.69, 9.17) is 0 Å². The first kappa shape index (κ1) is 10.5. The highest BCUT2D eigenvalue weighted by Crippen LogP contribution is 2.41. The number of hydrogen-bond acceptors (Lipinski definition) is 1. The minimum absolute atomic E-state index is 0.138. The maximum Gasteiger partial charge on any atom is 0.127 e. The molecule has 0 aromatic rings. The summed E-state index contributed by atoms with van der Waals surface area (Å²) in [5, 5.41) is 0. The van der Waals surface area contributed by atoms with Crippen molar-refractivity contribution in [1.82, 2.24) is 0 Å². The lowest BCUT2D eigenvalue weighted by Gasteiger charge is -2.36. The molecule has 0 heterocycles. The van der Waals surface area contributed by atoms with Crippen LogP contribution in [0.25, 0.3) is 0 Å². The Labute approximate surface area is 81.2 Å². The minimum Gasteiger partial charge on any atom is -0.303 e. The quantitative estimate of drug-likeness (QED) is 0.447. The lowest BCUT2D eigenvalue weighted by atomic mass is 9.68. The summed E-state index contributed by atoms with van der Waals surface area (Å²) in [7, 11) is 0. The standard InChI is InChI=1S/C12H20O/c1-9-7-11(12(2,3)4)6-5-10(9)8-13/h8,10-11H,1,5-7H2,2-4H3. The van der Waals surface area contributed by atoms with Crippen molar-refractivity contribution in [1.29, 1.82) is 0 Å². The molecule has 0 saturated heterocycles. The Hall–Kier alpha value is -0.590. The molecule has 1 aliphatic rings. The summed E-state index contributed by atoms with van der Waals surface area (Å²) in [6.45, 7) is 10.8. The SMILES string of the molecule is C=C1CC(C(C)(C)C)CCC1C=O. The van der Waals surface area contributed by atoms with Crippen LogP contribution in [0.4, 0.5) is 0 Å². The average molecular weight is 180 g/mol. The fourth-order valence-corrected chi connectivity index (χ4v) is 2.06. The van der Waals surface area contributed by atoms with Crippen molar-refractivity contribution in [3.8, 4) is 0 Å². The molecule has 0 N–H and O–H groups in total. The fourth-order valence-electron chi connectivity index (χ4n) is 2.06. The number of allylic oxidation sites excluding steroid dienone is 1. The van der Waals surface area contributed by atoms with Crippen molar-refractivity contribution in [3.05, 3.63) is 12.2 Å². The van der Waals surface area contributed by atoms with Crippen molar-refractivity contribution in [3.63, 3.8) is 0 Å². The first-order valence-electron chi connectivity index (χ1n) is 5.08. The van der Waals surface area contributed by atoms with Gasteiger partial charge in [-0.25, -0.2) is 0 Å². The van der Waals surface area contributed by atoms with Gasteiger partial charge in [-0.3, -0.25) is 0 Å². The predicted molar refractivity (Wildman–Crippen MR) is 55.5 cm³/mol. The van der Waals surface area contributed by atoms with Crippen molar-refractivity contribution >= 4 is 6.29 Å². The highest BCUT2D eigenvalue weighted by Gasteiger charge is 2.31. The Morgan fingerprint density at radius 3 is 2.38 bits per heavy atom. The Balaban J connectivity index is 2.61. The number of hydrogen-bond donors (Lipinski definition) is 0. The van der Waals surface area contributed by atoms with Gasteiger partial charge in [-0.15, -0.1) is 0 Å². The van der Waals surface area contributed by atoms with Gasteiger partial charge in [-0.05, 0) is 30.6 Å². The molecule has 0 aromatic carbocycles.